The number of aromatic nitrogens is 1. The average molecular weight is 240 g/mol. The van der Waals surface area contributed by atoms with Crippen molar-refractivity contribution in [1.82, 2.24) is 4.98 Å². The number of anilines is 1. The number of hydrogen-bond acceptors (Lipinski definition) is 4. The highest BCUT2D eigenvalue weighted by Gasteiger charge is 2.06. The van der Waals surface area contributed by atoms with Crippen molar-refractivity contribution >= 4 is 22.6 Å². The normalized spacial score (nSPS) is 9.94. The van der Waals surface area contributed by atoms with E-state index in [2.05, 4.69) is 16.4 Å². The van der Waals surface area contributed by atoms with Crippen LogP contribution in [0.2, 0.25) is 0 Å². The molecule has 0 radical (unpaired) electrons. The maximum absolute atomic E-state index is 10.7. The van der Waals surface area contributed by atoms with Gasteiger partial charge in [0.15, 0.2) is 0 Å². The van der Waals surface area contributed by atoms with E-state index in [9.17, 15) is 4.79 Å². The summed E-state index contributed by atoms with van der Waals surface area (Å²) < 4.78 is 0. The lowest BCUT2D eigenvalue weighted by molar-refractivity contribution is -0.117. The van der Waals surface area contributed by atoms with Crippen molar-refractivity contribution in [2.75, 3.05) is 11.9 Å². The first-order valence-corrected chi connectivity index (χ1v) is 5.53. The molecular weight excluding hydrogens is 228 g/mol. The molecular formula is C13H12N4O. The summed E-state index contributed by atoms with van der Waals surface area (Å²) in [6.07, 6.45) is 0.208. The van der Waals surface area contributed by atoms with E-state index >= 15 is 0 Å². The van der Waals surface area contributed by atoms with E-state index < -0.39 is 0 Å². The van der Waals surface area contributed by atoms with Crippen molar-refractivity contribution in [2.45, 2.75) is 6.42 Å². The van der Waals surface area contributed by atoms with Crippen molar-refractivity contribution in [3.8, 4) is 6.07 Å². The molecule has 5 nitrogen and oxygen atoms in total. The molecule has 0 aliphatic carbocycles. The minimum Gasteiger partial charge on any atom is -0.370 e. The van der Waals surface area contributed by atoms with Crippen molar-refractivity contribution in [2.24, 2.45) is 5.73 Å². The molecule has 0 atom stereocenters. The molecule has 1 aromatic carbocycles. The second kappa shape index (κ2) is 5.15. The van der Waals surface area contributed by atoms with Crippen molar-refractivity contribution < 1.29 is 4.79 Å². The maximum atomic E-state index is 10.7. The number of nitrogens with zero attached hydrogens (tertiary/aromatic N) is 2. The van der Waals surface area contributed by atoms with Crippen LogP contribution in [0.25, 0.3) is 10.9 Å². The first-order chi connectivity index (χ1) is 8.70. The third-order valence-electron chi connectivity index (χ3n) is 2.51. The first-order valence-electron chi connectivity index (χ1n) is 5.53. The number of hydrogen-bond donors (Lipinski definition) is 2. The Morgan fingerprint density at radius 1 is 1.44 bits per heavy atom. The Bertz CT molecular complexity index is 630. The molecule has 90 valence electrons. The number of benzene rings is 1. The Morgan fingerprint density at radius 2 is 2.22 bits per heavy atom. The summed E-state index contributed by atoms with van der Waals surface area (Å²) in [4.78, 5) is 15.0. The Hall–Kier alpha value is -2.61. The quantitative estimate of drug-likeness (QED) is 0.844. The SMILES string of the molecule is N#Cc1cc2ccccc2nc1NCCC(N)=O. The summed E-state index contributed by atoms with van der Waals surface area (Å²) in [5, 5.41) is 12.9. The summed E-state index contributed by atoms with van der Waals surface area (Å²) in [7, 11) is 0. The zero-order valence-electron chi connectivity index (χ0n) is 9.68. The van der Waals surface area contributed by atoms with E-state index in [1.807, 2.05) is 24.3 Å². The lowest BCUT2D eigenvalue weighted by Gasteiger charge is -2.07. The van der Waals surface area contributed by atoms with Gasteiger partial charge in [-0.25, -0.2) is 4.98 Å². The van der Waals surface area contributed by atoms with Gasteiger partial charge in [0.2, 0.25) is 5.91 Å². The van der Waals surface area contributed by atoms with Gasteiger partial charge in [0.25, 0.3) is 0 Å². The van der Waals surface area contributed by atoms with Gasteiger partial charge in [-0.05, 0) is 12.1 Å². The highest BCUT2D eigenvalue weighted by Crippen LogP contribution is 2.19. The molecule has 0 spiro atoms. The number of amides is 1. The third kappa shape index (κ3) is 2.55. The monoisotopic (exact) mass is 240 g/mol. The van der Waals surface area contributed by atoms with Gasteiger partial charge in [0.1, 0.15) is 11.9 Å². The Balaban J connectivity index is 2.31. The van der Waals surface area contributed by atoms with Crippen molar-refractivity contribution in [3.05, 3.63) is 35.9 Å². The number of fused-ring (bicyclic) bond motifs is 1. The lowest BCUT2D eigenvalue weighted by Crippen LogP contribution is -2.16. The van der Waals surface area contributed by atoms with Crippen LogP contribution >= 0.6 is 0 Å². The number of primary amides is 1. The number of nitrogens with two attached hydrogens (primary N) is 1. The fraction of sp³-hybridized carbons (Fsp3) is 0.154. The molecule has 3 N–H and O–H groups in total. The molecule has 0 saturated heterocycles. The predicted molar refractivity (Wildman–Crippen MR) is 68.8 cm³/mol. The fourth-order valence-electron chi connectivity index (χ4n) is 1.64. The van der Waals surface area contributed by atoms with Crippen LogP contribution in [0.5, 0.6) is 0 Å². The summed E-state index contributed by atoms with van der Waals surface area (Å²) in [5.41, 5.74) is 6.31. The minimum absolute atomic E-state index is 0.208. The molecule has 5 heteroatoms. The molecule has 2 aromatic rings. The Kier molecular flexibility index (Phi) is 3.39. The molecule has 0 saturated carbocycles. The molecule has 1 amide bonds. The molecule has 18 heavy (non-hydrogen) atoms. The Morgan fingerprint density at radius 3 is 2.94 bits per heavy atom. The van der Waals surface area contributed by atoms with Gasteiger partial charge in [-0.2, -0.15) is 5.26 Å². The maximum Gasteiger partial charge on any atom is 0.219 e. The molecule has 0 fully saturated rings. The molecule has 0 aliphatic rings. The highest BCUT2D eigenvalue weighted by atomic mass is 16.1. The van der Waals surface area contributed by atoms with Gasteiger partial charge in [-0.3, -0.25) is 4.79 Å². The van der Waals surface area contributed by atoms with Crippen LogP contribution in [-0.2, 0) is 4.79 Å². The summed E-state index contributed by atoms with van der Waals surface area (Å²) in [6, 6.07) is 11.4. The van der Waals surface area contributed by atoms with Crippen LogP contribution < -0.4 is 11.1 Å². The number of carbonyl (C=O) groups excluding carboxylic acids is 1. The largest absolute Gasteiger partial charge is 0.370 e. The van der Waals surface area contributed by atoms with E-state index in [-0.39, 0.29) is 12.3 Å². The number of rotatable bonds is 4. The van der Waals surface area contributed by atoms with Crippen LogP contribution in [0.4, 0.5) is 5.82 Å². The number of pyridine rings is 1. The van der Waals surface area contributed by atoms with Gasteiger partial charge in [0.05, 0.1) is 11.1 Å². The van der Waals surface area contributed by atoms with Gasteiger partial charge in [-0.1, -0.05) is 18.2 Å². The van der Waals surface area contributed by atoms with Gasteiger partial charge < -0.3 is 11.1 Å². The molecule has 2 rings (SSSR count). The zero-order valence-corrected chi connectivity index (χ0v) is 9.68. The van der Waals surface area contributed by atoms with Crippen LogP contribution in [0, 0.1) is 11.3 Å². The topological polar surface area (TPSA) is 91.8 Å². The smallest absolute Gasteiger partial charge is 0.219 e. The van der Waals surface area contributed by atoms with Crippen molar-refractivity contribution in [1.29, 1.82) is 5.26 Å². The van der Waals surface area contributed by atoms with E-state index in [0.29, 0.717) is 17.9 Å². The van der Waals surface area contributed by atoms with Crippen LogP contribution in [0.15, 0.2) is 30.3 Å². The Labute approximate surface area is 104 Å². The summed E-state index contributed by atoms with van der Waals surface area (Å²) >= 11 is 0. The fourth-order valence-corrected chi connectivity index (χ4v) is 1.64. The average Bonchev–Trinajstić information content (AvgIpc) is 2.37. The van der Waals surface area contributed by atoms with Crippen molar-refractivity contribution in [3.63, 3.8) is 0 Å². The van der Waals surface area contributed by atoms with Crippen LogP contribution in [0.1, 0.15) is 12.0 Å². The second-order valence-corrected chi connectivity index (χ2v) is 3.83. The van der Waals surface area contributed by atoms with E-state index in [0.717, 1.165) is 10.9 Å². The van der Waals surface area contributed by atoms with E-state index in [1.165, 1.54) is 0 Å². The zero-order chi connectivity index (χ0) is 13.0. The predicted octanol–water partition coefficient (Wildman–Crippen LogP) is 1.39. The number of carbonyl (C=O) groups is 1. The molecule has 0 aliphatic heterocycles. The summed E-state index contributed by atoms with van der Waals surface area (Å²) in [5.74, 6) is 0.0965. The second-order valence-electron chi connectivity index (χ2n) is 3.83. The van der Waals surface area contributed by atoms with E-state index in [1.54, 1.807) is 6.07 Å². The van der Waals surface area contributed by atoms with E-state index in [4.69, 9.17) is 11.0 Å². The standard InChI is InChI=1S/C13H12N4O/c14-8-10-7-9-3-1-2-4-11(9)17-13(10)16-6-5-12(15)18/h1-4,7H,5-6H2,(H2,15,18)(H,16,17). The molecule has 0 unspecified atom stereocenters. The highest BCUT2D eigenvalue weighted by molar-refractivity contribution is 5.83. The van der Waals surface area contributed by atoms with Crippen LogP contribution in [-0.4, -0.2) is 17.4 Å². The number of para-hydroxylation sites is 1. The first kappa shape index (κ1) is 11.9. The molecule has 1 aromatic heterocycles. The van der Waals surface area contributed by atoms with Gasteiger partial charge in [0, 0.05) is 18.4 Å². The third-order valence-corrected chi connectivity index (χ3v) is 2.51. The lowest BCUT2D eigenvalue weighted by atomic mass is 10.1. The number of nitrogens with one attached hydrogen (secondary N) is 1. The molecule has 1 heterocycles. The summed E-state index contributed by atoms with van der Waals surface area (Å²) in [6.45, 7) is 0.370. The molecule has 0 bridgehead atoms. The minimum atomic E-state index is -0.387. The van der Waals surface area contributed by atoms with Gasteiger partial charge in [-0.15, -0.1) is 0 Å². The van der Waals surface area contributed by atoms with Crippen LogP contribution in [0.3, 0.4) is 0 Å². The van der Waals surface area contributed by atoms with Gasteiger partial charge >= 0.3 is 0 Å². The number of nitriles is 1.